The van der Waals surface area contributed by atoms with Crippen LogP contribution in [-0.2, 0) is 21.0 Å². The van der Waals surface area contributed by atoms with E-state index in [0.29, 0.717) is 25.5 Å². The minimum atomic E-state index is -4.70. The van der Waals surface area contributed by atoms with Crippen molar-refractivity contribution < 1.29 is 30.8 Å². The van der Waals surface area contributed by atoms with E-state index in [1.807, 2.05) is 0 Å². The van der Waals surface area contributed by atoms with Crippen molar-refractivity contribution in [2.24, 2.45) is 0 Å². The monoisotopic (exact) mass is 416 g/mol. The quantitative estimate of drug-likeness (QED) is 0.764. The fourth-order valence-corrected chi connectivity index (χ4v) is 4.06. The predicted molar refractivity (Wildman–Crippen MR) is 95.0 cm³/mol. The van der Waals surface area contributed by atoms with Gasteiger partial charge in [-0.1, -0.05) is 6.07 Å². The molecule has 1 aliphatic rings. The Balaban J connectivity index is 1.89. The zero-order chi connectivity index (χ0) is 20.7. The van der Waals surface area contributed by atoms with Gasteiger partial charge in [0.1, 0.15) is 5.82 Å². The van der Waals surface area contributed by atoms with Gasteiger partial charge in [0.2, 0.25) is 5.91 Å². The van der Waals surface area contributed by atoms with E-state index in [4.69, 9.17) is 0 Å². The molecule has 28 heavy (non-hydrogen) atoms. The highest BCUT2D eigenvalue weighted by atomic mass is 32.2. The molecule has 0 radical (unpaired) electrons. The van der Waals surface area contributed by atoms with Crippen LogP contribution in [0.25, 0.3) is 0 Å². The third-order valence-corrected chi connectivity index (χ3v) is 5.77. The van der Waals surface area contributed by atoms with Crippen LogP contribution in [0.2, 0.25) is 0 Å². The SMILES string of the molecule is Cc1ccc(S(=O)(=O)Nc2ccc(N3CCCC3=O)c(F)c2)cc1C(F)(F)F. The molecule has 0 bridgehead atoms. The topological polar surface area (TPSA) is 66.5 Å². The van der Waals surface area contributed by atoms with Crippen molar-refractivity contribution >= 4 is 27.3 Å². The minimum Gasteiger partial charge on any atom is -0.310 e. The normalized spacial score (nSPS) is 15.2. The van der Waals surface area contributed by atoms with E-state index in [-0.39, 0.29) is 22.8 Å². The highest BCUT2D eigenvalue weighted by Crippen LogP contribution is 2.34. The van der Waals surface area contributed by atoms with Gasteiger partial charge in [0.25, 0.3) is 10.0 Å². The Bertz CT molecular complexity index is 1040. The van der Waals surface area contributed by atoms with E-state index >= 15 is 0 Å². The smallest absolute Gasteiger partial charge is 0.310 e. The number of hydrogen-bond acceptors (Lipinski definition) is 3. The van der Waals surface area contributed by atoms with Crippen LogP contribution in [0.5, 0.6) is 0 Å². The summed E-state index contributed by atoms with van der Waals surface area (Å²) in [6.07, 6.45) is -3.80. The lowest BCUT2D eigenvalue weighted by Gasteiger charge is -2.17. The molecular weight excluding hydrogens is 400 g/mol. The number of sulfonamides is 1. The maximum Gasteiger partial charge on any atom is 0.416 e. The molecule has 2 aromatic carbocycles. The van der Waals surface area contributed by atoms with Gasteiger partial charge in [-0.25, -0.2) is 12.8 Å². The number of nitrogens with one attached hydrogen (secondary N) is 1. The fourth-order valence-electron chi connectivity index (χ4n) is 2.98. The summed E-state index contributed by atoms with van der Waals surface area (Å²) in [6.45, 7) is 1.59. The third kappa shape index (κ3) is 3.96. The summed E-state index contributed by atoms with van der Waals surface area (Å²) in [7, 11) is -4.37. The molecule has 1 aliphatic heterocycles. The highest BCUT2D eigenvalue weighted by Gasteiger charge is 2.33. The number of hydrogen-bond donors (Lipinski definition) is 1. The molecular formula is C18H16F4N2O3S. The molecule has 2 aromatic rings. The number of amides is 1. The Hall–Kier alpha value is -2.62. The van der Waals surface area contributed by atoms with E-state index in [1.165, 1.54) is 24.0 Å². The van der Waals surface area contributed by atoms with Gasteiger partial charge in [0, 0.05) is 19.0 Å². The van der Waals surface area contributed by atoms with Crippen LogP contribution in [0, 0.1) is 12.7 Å². The van der Waals surface area contributed by atoms with Crippen LogP contribution in [0.4, 0.5) is 28.9 Å². The largest absolute Gasteiger partial charge is 0.416 e. The average Bonchev–Trinajstić information content (AvgIpc) is 2.99. The van der Waals surface area contributed by atoms with Crippen LogP contribution < -0.4 is 9.62 Å². The van der Waals surface area contributed by atoms with Gasteiger partial charge in [0.15, 0.2) is 0 Å². The van der Waals surface area contributed by atoms with Gasteiger partial charge < -0.3 is 4.90 Å². The van der Waals surface area contributed by atoms with E-state index in [0.717, 1.165) is 18.2 Å². The standard InChI is InChI=1S/C18H16F4N2O3S/c1-11-4-6-13(10-14(11)18(20,21)22)28(26,27)23-12-5-7-16(15(19)9-12)24-8-2-3-17(24)25/h4-7,9-10,23H,2-3,8H2,1H3. The lowest BCUT2D eigenvalue weighted by atomic mass is 10.1. The summed E-state index contributed by atoms with van der Waals surface area (Å²) >= 11 is 0. The Morgan fingerprint density at radius 3 is 2.39 bits per heavy atom. The molecule has 5 nitrogen and oxygen atoms in total. The van der Waals surface area contributed by atoms with Crippen LogP contribution >= 0.6 is 0 Å². The fraction of sp³-hybridized carbons (Fsp3) is 0.278. The number of carbonyl (C=O) groups excluding carboxylic acids is 1. The molecule has 0 saturated carbocycles. The van der Waals surface area contributed by atoms with Gasteiger partial charge in [-0.2, -0.15) is 13.2 Å². The molecule has 1 heterocycles. The summed E-state index contributed by atoms with van der Waals surface area (Å²) < 4.78 is 80.3. The first-order valence-corrected chi connectivity index (χ1v) is 9.78. The van der Waals surface area contributed by atoms with E-state index < -0.39 is 32.5 Å². The lowest BCUT2D eigenvalue weighted by molar-refractivity contribution is -0.138. The van der Waals surface area contributed by atoms with Crippen molar-refractivity contribution in [3.8, 4) is 0 Å². The number of alkyl halides is 3. The van der Waals surface area contributed by atoms with E-state index in [1.54, 1.807) is 0 Å². The summed E-state index contributed by atoms with van der Waals surface area (Å²) in [6, 6.07) is 6.02. The van der Waals surface area contributed by atoms with Gasteiger partial charge in [-0.3, -0.25) is 9.52 Å². The van der Waals surface area contributed by atoms with Gasteiger partial charge in [-0.05, 0) is 43.2 Å². The molecule has 0 aliphatic carbocycles. The highest BCUT2D eigenvalue weighted by molar-refractivity contribution is 7.92. The van der Waals surface area contributed by atoms with Gasteiger partial charge in [0.05, 0.1) is 21.8 Å². The second-order valence-electron chi connectivity index (χ2n) is 6.40. The van der Waals surface area contributed by atoms with Crippen LogP contribution in [0.15, 0.2) is 41.3 Å². The van der Waals surface area contributed by atoms with Crippen molar-refractivity contribution in [3.63, 3.8) is 0 Å². The number of aryl methyl sites for hydroxylation is 1. The summed E-state index contributed by atoms with van der Waals surface area (Å²) in [5.74, 6) is -1.04. The molecule has 0 aromatic heterocycles. The first kappa shape index (κ1) is 20.1. The Morgan fingerprint density at radius 2 is 1.82 bits per heavy atom. The molecule has 1 N–H and O–H groups in total. The second kappa shape index (κ2) is 7.08. The predicted octanol–water partition coefficient (Wildman–Crippen LogP) is 4.08. The summed E-state index contributed by atoms with van der Waals surface area (Å²) in [5, 5.41) is 0. The first-order chi connectivity index (χ1) is 13.0. The zero-order valence-electron chi connectivity index (χ0n) is 14.7. The lowest BCUT2D eigenvalue weighted by Crippen LogP contribution is -2.24. The maximum atomic E-state index is 14.3. The first-order valence-electron chi connectivity index (χ1n) is 8.29. The van der Waals surface area contributed by atoms with E-state index in [2.05, 4.69) is 4.72 Å². The molecule has 150 valence electrons. The third-order valence-electron chi connectivity index (χ3n) is 4.39. The number of carbonyl (C=O) groups is 1. The van der Waals surface area contributed by atoms with Crippen molar-refractivity contribution in [2.45, 2.75) is 30.8 Å². The molecule has 0 unspecified atom stereocenters. The van der Waals surface area contributed by atoms with Crippen molar-refractivity contribution in [3.05, 3.63) is 53.3 Å². The van der Waals surface area contributed by atoms with Crippen LogP contribution in [0.3, 0.4) is 0 Å². The van der Waals surface area contributed by atoms with Gasteiger partial charge in [-0.15, -0.1) is 0 Å². The molecule has 1 amide bonds. The summed E-state index contributed by atoms with van der Waals surface area (Å²) in [4.78, 5) is 12.4. The molecule has 1 saturated heterocycles. The second-order valence-corrected chi connectivity index (χ2v) is 8.08. The molecule has 10 heteroatoms. The van der Waals surface area contributed by atoms with Crippen molar-refractivity contribution in [1.29, 1.82) is 0 Å². The van der Waals surface area contributed by atoms with Crippen LogP contribution in [0.1, 0.15) is 24.0 Å². The maximum absolute atomic E-state index is 14.3. The Labute approximate surface area is 159 Å². The van der Waals surface area contributed by atoms with E-state index in [9.17, 15) is 30.8 Å². The molecule has 3 rings (SSSR count). The van der Waals surface area contributed by atoms with Crippen molar-refractivity contribution in [1.82, 2.24) is 0 Å². The van der Waals surface area contributed by atoms with Crippen LogP contribution in [-0.4, -0.2) is 20.9 Å². The average molecular weight is 416 g/mol. The molecule has 0 atom stereocenters. The number of rotatable bonds is 4. The molecule has 1 fully saturated rings. The minimum absolute atomic E-state index is 0.0279. The Kier molecular flexibility index (Phi) is 5.09. The number of anilines is 2. The van der Waals surface area contributed by atoms with Crippen molar-refractivity contribution in [2.75, 3.05) is 16.2 Å². The number of benzene rings is 2. The summed E-state index contributed by atoms with van der Waals surface area (Å²) in [5.41, 5.74) is -1.32. The number of nitrogens with zero attached hydrogens (tertiary/aromatic N) is 1. The van der Waals surface area contributed by atoms with Gasteiger partial charge >= 0.3 is 6.18 Å². The molecule has 0 spiro atoms. The number of halogens is 4. The Morgan fingerprint density at radius 1 is 1.11 bits per heavy atom. The zero-order valence-corrected chi connectivity index (χ0v) is 15.5.